The van der Waals surface area contributed by atoms with Crippen molar-refractivity contribution < 1.29 is 14.3 Å². The van der Waals surface area contributed by atoms with Gasteiger partial charge in [-0.3, -0.25) is 9.36 Å². The van der Waals surface area contributed by atoms with E-state index in [-0.39, 0.29) is 23.0 Å². The van der Waals surface area contributed by atoms with E-state index < -0.39 is 17.3 Å². The number of carboxylic acid groups (broad SMARTS) is 1. The van der Waals surface area contributed by atoms with Gasteiger partial charge < -0.3 is 5.11 Å². The number of halogens is 1. The number of fused-ring (bicyclic) bond motifs is 1. The second-order valence-electron chi connectivity index (χ2n) is 3.62. The lowest BCUT2D eigenvalue weighted by molar-refractivity contribution is 0.0696. The second kappa shape index (κ2) is 4.30. The number of aromatic carboxylic acids is 1. The van der Waals surface area contributed by atoms with Crippen LogP contribution in [0.5, 0.6) is 0 Å². The predicted molar refractivity (Wildman–Crippen MR) is 60.7 cm³/mol. The molecule has 1 aromatic carbocycles. The first-order chi connectivity index (χ1) is 8.54. The minimum absolute atomic E-state index is 0.0611. The Morgan fingerprint density at radius 1 is 1.44 bits per heavy atom. The van der Waals surface area contributed by atoms with Crippen LogP contribution in [-0.4, -0.2) is 15.6 Å². The van der Waals surface area contributed by atoms with Crippen molar-refractivity contribution in [1.29, 1.82) is 5.26 Å². The molecule has 0 radical (unpaired) electrons. The number of nitrogens with zero attached hydrogens (tertiary/aromatic N) is 2. The van der Waals surface area contributed by atoms with Crippen molar-refractivity contribution in [3.8, 4) is 6.07 Å². The van der Waals surface area contributed by atoms with E-state index in [9.17, 15) is 14.0 Å². The van der Waals surface area contributed by atoms with E-state index >= 15 is 0 Å². The molecule has 0 unspecified atom stereocenters. The Hall–Kier alpha value is -2.68. The van der Waals surface area contributed by atoms with Crippen LogP contribution in [0.1, 0.15) is 10.4 Å². The van der Waals surface area contributed by atoms with Crippen molar-refractivity contribution in [2.24, 2.45) is 0 Å². The highest BCUT2D eigenvalue weighted by atomic mass is 19.1. The van der Waals surface area contributed by atoms with Gasteiger partial charge >= 0.3 is 5.97 Å². The standard InChI is InChI=1S/C12H7FN2O3/c13-9-6-8(12(17)18)5-7-1-2-10(16)15(4-3-14)11(7)9/h1-2,5-6H,4H2,(H,17,18). The van der Waals surface area contributed by atoms with E-state index in [0.717, 1.165) is 10.6 Å². The average Bonchev–Trinajstić information content (AvgIpc) is 2.32. The highest BCUT2D eigenvalue weighted by molar-refractivity contribution is 5.93. The third-order valence-electron chi connectivity index (χ3n) is 2.51. The van der Waals surface area contributed by atoms with E-state index in [2.05, 4.69) is 0 Å². The summed E-state index contributed by atoms with van der Waals surface area (Å²) in [5, 5.41) is 17.7. The van der Waals surface area contributed by atoms with Gasteiger partial charge in [-0.05, 0) is 18.2 Å². The fourth-order valence-corrected chi connectivity index (χ4v) is 1.74. The number of hydrogen-bond donors (Lipinski definition) is 1. The minimum atomic E-state index is -1.26. The SMILES string of the molecule is N#CCn1c(=O)ccc2cc(C(=O)O)cc(F)c21. The maximum absolute atomic E-state index is 13.8. The van der Waals surface area contributed by atoms with Crippen LogP contribution < -0.4 is 5.56 Å². The van der Waals surface area contributed by atoms with E-state index in [1.165, 1.54) is 18.2 Å². The van der Waals surface area contributed by atoms with Crippen LogP contribution in [0.25, 0.3) is 10.9 Å². The molecule has 0 aliphatic rings. The zero-order valence-corrected chi connectivity index (χ0v) is 9.05. The Morgan fingerprint density at radius 2 is 2.17 bits per heavy atom. The van der Waals surface area contributed by atoms with Crippen LogP contribution in [0, 0.1) is 17.1 Å². The molecule has 0 aliphatic carbocycles. The number of carboxylic acids is 1. The largest absolute Gasteiger partial charge is 0.478 e. The highest BCUT2D eigenvalue weighted by Gasteiger charge is 2.12. The molecule has 2 rings (SSSR count). The molecular formula is C12H7FN2O3. The Morgan fingerprint density at radius 3 is 2.78 bits per heavy atom. The summed E-state index contributed by atoms with van der Waals surface area (Å²) in [7, 11) is 0. The Balaban J connectivity index is 2.88. The van der Waals surface area contributed by atoms with Crippen LogP contribution in [0.15, 0.2) is 29.1 Å². The van der Waals surface area contributed by atoms with Crippen molar-refractivity contribution >= 4 is 16.9 Å². The van der Waals surface area contributed by atoms with Gasteiger partial charge in [0.15, 0.2) is 0 Å². The molecule has 0 aliphatic heterocycles. The summed E-state index contributed by atoms with van der Waals surface area (Å²) in [5.74, 6) is -2.09. The fraction of sp³-hybridized carbons (Fsp3) is 0.0833. The maximum atomic E-state index is 13.8. The number of benzene rings is 1. The average molecular weight is 246 g/mol. The van der Waals surface area contributed by atoms with E-state index in [1.54, 1.807) is 6.07 Å². The molecule has 1 aromatic heterocycles. The van der Waals surface area contributed by atoms with Crippen LogP contribution in [0.2, 0.25) is 0 Å². The van der Waals surface area contributed by atoms with Crippen molar-refractivity contribution in [3.05, 3.63) is 46.0 Å². The fourth-order valence-electron chi connectivity index (χ4n) is 1.74. The van der Waals surface area contributed by atoms with E-state index in [1.807, 2.05) is 0 Å². The molecule has 0 amide bonds. The number of rotatable bonds is 2. The topological polar surface area (TPSA) is 83.1 Å². The third-order valence-corrected chi connectivity index (χ3v) is 2.51. The zero-order chi connectivity index (χ0) is 13.3. The van der Waals surface area contributed by atoms with Crippen molar-refractivity contribution in [2.75, 3.05) is 0 Å². The molecule has 2 aromatic rings. The molecule has 6 heteroatoms. The van der Waals surface area contributed by atoms with Gasteiger partial charge in [-0.25, -0.2) is 9.18 Å². The van der Waals surface area contributed by atoms with Gasteiger partial charge in [0.05, 0.1) is 17.1 Å². The van der Waals surface area contributed by atoms with Gasteiger partial charge in [0.25, 0.3) is 5.56 Å². The van der Waals surface area contributed by atoms with Crippen molar-refractivity contribution in [1.82, 2.24) is 4.57 Å². The molecule has 0 saturated carbocycles. The number of aromatic nitrogens is 1. The van der Waals surface area contributed by atoms with Gasteiger partial charge in [-0.15, -0.1) is 0 Å². The quantitative estimate of drug-likeness (QED) is 0.867. The van der Waals surface area contributed by atoms with E-state index in [4.69, 9.17) is 10.4 Å². The van der Waals surface area contributed by atoms with Crippen LogP contribution >= 0.6 is 0 Å². The molecule has 0 spiro atoms. The second-order valence-corrected chi connectivity index (χ2v) is 3.62. The van der Waals surface area contributed by atoms with Crippen LogP contribution in [0.3, 0.4) is 0 Å². The summed E-state index contributed by atoms with van der Waals surface area (Å²) >= 11 is 0. The Labute approximate surface area is 100 Å². The number of carbonyl (C=O) groups is 1. The predicted octanol–water partition coefficient (Wildman–Crippen LogP) is 1.36. The Bertz CT molecular complexity index is 743. The molecule has 0 bridgehead atoms. The molecule has 18 heavy (non-hydrogen) atoms. The first-order valence-electron chi connectivity index (χ1n) is 4.98. The lowest BCUT2D eigenvalue weighted by atomic mass is 10.1. The van der Waals surface area contributed by atoms with Gasteiger partial charge in [0.1, 0.15) is 12.4 Å². The summed E-state index contributed by atoms with van der Waals surface area (Å²) < 4.78 is 14.8. The molecule has 0 atom stereocenters. The van der Waals surface area contributed by atoms with Gasteiger partial charge in [-0.2, -0.15) is 5.26 Å². The lowest BCUT2D eigenvalue weighted by Gasteiger charge is -2.08. The molecule has 0 saturated heterocycles. The smallest absolute Gasteiger partial charge is 0.335 e. The summed E-state index contributed by atoms with van der Waals surface area (Å²) in [4.78, 5) is 22.3. The molecule has 90 valence electrons. The molecule has 5 nitrogen and oxygen atoms in total. The Kier molecular flexibility index (Phi) is 2.81. The van der Waals surface area contributed by atoms with Crippen LogP contribution in [-0.2, 0) is 6.54 Å². The van der Waals surface area contributed by atoms with Gasteiger partial charge in [-0.1, -0.05) is 0 Å². The first kappa shape index (κ1) is 11.8. The van der Waals surface area contributed by atoms with Gasteiger partial charge in [0.2, 0.25) is 0 Å². The zero-order valence-electron chi connectivity index (χ0n) is 9.05. The monoisotopic (exact) mass is 246 g/mol. The number of pyridine rings is 1. The van der Waals surface area contributed by atoms with Gasteiger partial charge in [0, 0.05) is 11.5 Å². The molecule has 0 fully saturated rings. The van der Waals surface area contributed by atoms with Crippen LogP contribution in [0.4, 0.5) is 4.39 Å². The summed E-state index contributed by atoms with van der Waals surface area (Å²) in [5.41, 5.74) is -0.776. The summed E-state index contributed by atoms with van der Waals surface area (Å²) in [6.45, 7) is -0.292. The van der Waals surface area contributed by atoms with Crippen molar-refractivity contribution in [3.63, 3.8) is 0 Å². The number of nitriles is 1. The van der Waals surface area contributed by atoms with Crippen molar-refractivity contribution in [2.45, 2.75) is 6.54 Å². The molecular weight excluding hydrogens is 239 g/mol. The summed E-state index contributed by atoms with van der Waals surface area (Å²) in [6.07, 6.45) is 0. The summed E-state index contributed by atoms with van der Waals surface area (Å²) in [6, 6.07) is 6.36. The molecule has 1 heterocycles. The third kappa shape index (κ3) is 1.82. The minimum Gasteiger partial charge on any atom is -0.478 e. The molecule has 1 N–H and O–H groups in total. The number of hydrogen-bond acceptors (Lipinski definition) is 3. The first-order valence-corrected chi connectivity index (χ1v) is 4.98. The normalized spacial score (nSPS) is 10.2. The highest BCUT2D eigenvalue weighted by Crippen LogP contribution is 2.18. The lowest BCUT2D eigenvalue weighted by Crippen LogP contribution is -2.19. The maximum Gasteiger partial charge on any atom is 0.335 e. The van der Waals surface area contributed by atoms with E-state index in [0.29, 0.717) is 0 Å².